The fourth-order valence-corrected chi connectivity index (χ4v) is 3.72. The van der Waals surface area contributed by atoms with E-state index in [-0.39, 0.29) is 17.4 Å². The number of nitrogens with one attached hydrogen (secondary N) is 2. The van der Waals surface area contributed by atoms with Crippen LogP contribution in [0.5, 0.6) is 11.5 Å². The van der Waals surface area contributed by atoms with Crippen molar-refractivity contribution in [3.8, 4) is 11.5 Å². The van der Waals surface area contributed by atoms with Crippen molar-refractivity contribution in [2.45, 2.75) is 38.7 Å². The molecule has 0 radical (unpaired) electrons. The number of carbonyl (C=O) groups excluding carboxylic acids is 2. The van der Waals surface area contributed by atoms with Crippen molar-refractivity contribution >= 4 is 23.2 Å². The normalized spacial score (nSPS) is 14.1. The van der Waals surface area contributed by atoms with Crippen molar-refractivity contribution in [3.63, 3.8) is 0 Å². The summed E-state index contributed by atoms with van der Waals surface area (Å²) < 4.78 is 11.8. The van der Waals surface area contributed by atoms with Crippen LogP contribution < -0.4 is 20.1 Å². The van der Waals surface area contributed by atoms with Crippen LogP contribution in [0.25, 0.3) is 0 Å². The summed E-state index contributed by atoms with van der Waals surface area (Å²) in [6.45, 7) is 5.38. The smallest absolute Gasteiger partial charge is 0.252 e. The predicted octanol–water partition coefficient (Wildman–Crippen LogP) is 3.17. The van der Waals surface area contributed by atoms with Crippen LogP contribution in [0, 0.1) is 0 Å². The lowest BCUT2D eigenvalue weighted by atomic mass is 10.0. The monoisotopic (exact) mass is 402 g/mol. The number of carbonyl (C=O) groups is 2. The standard InChI is InChI=1S/C21H26N2O4S/c1-21(2)13-15-5-3-6-17(19(15)27-21)26-11-10-22-18(24)7-4-9-23-20(25)16-8-12-28-14-16/h3,5-6,8,12,14H,4,7,9-11,13H2,1-2H3,(H,22,24)(H,23,25). The lowest BCUT2D eigenvalue weighted by Gasteiger charge is -2.18. The summed E-state index contributed by atoms with van der Waals surface area (Å²) in [5, 5.41) is 9.31. The van der Waals surface area contributed by atoms with Crippen molar-refractivity contribution in [2.75, 3.05) is 19.7 Å². The first kappa shape index (κ1) is 20.2. The number of rotatable bonds is 9. The number of para-hydroxylation sites is 1. The van der Waals surface area contributed by atoms with E-state index in [0.717, 1.165) is 17.7 Å². The molecule has 0 aliphatic carbocycles. The molecular weight excluding hydrogens is 376 g/mol. The molecule has 0 unspecified atom stereocenters. The first-order chi connectivity index (χ1) is 13.4. The van der Waals surface area contributed by atoms with Gasteiger partial charge < -0.3 is 20.1 Å². The fraction of sp³-hybridized carbons (Fsp3) is 0.429. The number of benzene rings is 1. The SMILES string of the molecule is CC1(C)Cc2cccc(OCCNC(=O)CCCNC(=O)c3ccsc3)c2O1. The van der Waals surface area contributed by atoms with E-state index in [9.17, 15) is 9.59 Å². The van der Waals surface area contributed by atoms with E-state index in [0.29, 0.717) is 43.9 Å². The van der Waals surface area contributed by atoms with Gasteiger partial charge in [-0.1, -0.05) is 12.1 Å². The summed E-state index contributed by atoms with van der Waals surface area (Å²) in [4.78, 5) is 23.7. The summed E-state index contributed by atoms with van der Waals surface area (Å²) in [6, 6.07) is 7.68. The Labute approximate surface area is 169 Å². The zero-order valence-corrected chi connectivity index (χ0v) is 17.1. The van der Waals surface area contributed by atoms with Crippen LogP contribution in [0.15, 0.2) is 35.0 Å². The minimum atomic E-state index is -0.213. The van der Waals surface area contributed by atoms with Crippen LogP contribution in [0.4, 0.5) is 0 Å². The van der Waals surface area contributed by atoms with Gasteiger partial charge in [-0.25, -0.2) is 0 Å². The molecule has 0 bridgehead atoms. The third kappa shape index (κ3) is 5.48. The van der Waals surface area contributed by atoms with Crippen LogP contribution in [-0.4, -0.2) is 37.1 Å². The van der Waals surface area contributed by atoms with Gasteiger partial charge in [0.1, 0.15) is 12.2 Å². The molecule has 1 aromatic carbocycles. The summed E-state index contributed by atoms with van der Waals surface area (Å²) in [7, 11) is 0. The van der Waals surface area contributed by atoms with Crippen molar-refractivity contribution < 1.29 is 19.1 Å². The highest BCUT2D eigenvalue weighted by Crippen LogP contribution is 2.41. The van der Waals surface area contributed by atoms with Crippen LogP contribution in [0.3, 0.4) is 0 Å². The molecule has 28 heavy (non-hydrogen) atoms. The Morgan fingerprint density at radius 1 is 1.21 bits per heavy atom. The maximum atomic E-state index is 11.9. The molecular formula is C21H26N2O4S. The second-order valence-corrected chi connectivity index (χ2v) is 8.13. The van der Waals surface area contributed by atoms with E-state index in [1.807, 2.05) is 17.5 Å². The number of amides is 2. The molecule has 6 nitrogen and oxygen atoms in total. The van der Waals surface area contributed by atoms with Crippen molar-refractivity contribution in [1.29, 1.82) is 0 Å². The molecule has 2 aromatic rings. The average molecular weight is 403 g/mol. The average Bonchev–Trinajstić information content (AvgIpc) is 3.28. The zero-order chi connectivity index (χ0) is 20.0. The van der Waals surface area contributed by atoms with Gasteiger partial charge in [0, 0.05) is 35.9 Å². The molecule has 2 amide bonds. The molecule has 150 valence electrons. The van der Waals surface area contributed by atoms with Gasteiger partial charge in [-0.2, -0.15) is 11.3 Å². The maximum Gasteiger partial charge on any atom is 0.252 e. The molecule has 2 N–H and O–H groups in total. The van der Waals surface area contributed by atoms with Gasteiger partial charge in [-0.15, -0.1) is 0 Å². The number of ether oxygens (including phenoxy) is 2. The Balaban J connectivity index is 1.30. The Morgan fingerprint density at radius 3 is 2.86 bits per heavy atom. The molecule has 1 aromatic heterocycles. The number of fused-ring (bicyclic) bond motifs is 1. The highest BCUT2D eigenvalue weighted by Gasteiger charge is 2.32. The Morgan fingerprint density at radius 2 is 2.07 bits per heavy atom. The van der Waals surface area contributed by atoms with Crippen LogP contribution in [0.1, 0.15) is 42.6 Å². The van der Waals surface area contributed by atoms with E-state index in [1.165, 1.54) is 11.3 Å². The second-order valence-electron chi connectivity index (χ2n) is 7.35. The first-order valence-electron chi connectivity index (χ1n) is 9.45. The molecule has 0 spiro atoms. The third-order valence-corrected chi connectivity index (χ3v) is 5.07. The topological polar surface area (TPSA) is 76.7 Å². The Hall–Kier alpha value is -2.54. The van der Waals surface area contributed by atoms with Crippen LogP contribution in [0.2, 0.25) is 0 Å². The van der Waals surface area contributed by atoms with Gasteiger partial charge in [-0.05, 0) is 37.8 Å². The van der Waals surface area contributed by atoms with Crippen molar-refractivity contribution in [1.82, 2.24) is 10.6 Å². The lowest BCUT2D eigenvalue weighted by molar-refractivity contribution is -0.121. The molecule has 7 heteroatoms. The van der Waals surface area contributed by atoms with Gasteiger partial charge in [0.05, 0.1) is 6.54 Å². The molecule has 1 aliphatic rings. The van der Waals surface area contributed by atoms with E-state index >= 15 is 0 Å². The number of hydrogen-bond donors (Lipinski definition) is 2. The largest absolute Gasteiger partial charge is 0.488 e. The number of hydrogen-bond acceptors (Lipinski definition) is 5. The molecule has 0 saturated carbocycles. The van der Waals surface area contributed by atoms with E-state index in [1.54, 1.807) is 11.4 Å². The summed E-state index contributed by atoms with van der Waals surface area (Å²) in [5.41, 5.74) is 1.59. The molecule has 2 heterocycles. The third-order valence-electron chi connectivity index (χ3n) is 4.39. The van der Waals surface area contributed by atoms with E-state index < -0.39 is 0 Å². The molecule has 0 fully saturated rings. The quantitative estimate of drug-likeness (QED) is 0.632. The van der Waals surface area contributed by atoms with Gasteiger partial charge in [0.15, 0.2) is 11.5 Å². The van der Waals surface area contributed by atoms with Gasteiger partial charge in [0.25, 0.3) is 5.91 Å². The number of thiophene rings is 1. The lowest BCUT2D eigenvalue weighted by Crippen LogP contribution is -2.29. The molecule has 3 rings (SSSR count). The summed E-state index contributed by atoms with van der Waals surface area (Å²) in [6.07, 6.45) is 1.82. The van der Waals surface area contributed by atoms with Gasteiger partial charge >= 0.3 is 0 Å². The zero-order valence-electron chi connectivity index (χ0n) is 16.2. The van der Waals surface area contributed by atoms with Gasteiger partial charge in [0.2, 0.25) is 5.91 Å². The van der Waals surface area contributed by atoms with Crippen molar-refractivity contribution in [3.05, 3.63) is 46.2 Å². The van der Waals surface area contributed by atoms with E-state index in [4.69, 9.17) is 9.47 Å². The molecule has 0 atom stereocenters. The first-order valence-corrected chi connectivity index (χ1v) is 10.4. The molecule has 1 aliphatic heterocycles. The Kier molecular flexibility index (Phi) is 6.57. The fourth-order valence-electron chi connectivity index (χ4n) is 3.09. The minimum absolute atomic E-state index is 0.0518. The second kappa shape index (κ2) is 9.10. The molecule has 0 saturated heterocycles. The summed E-state index contributed by atoms with van der Waals surface area (Å²) in [5.74, 6) is 1.37. The van der Waals surface area contributed by atoms with Crippen LogP contribution >= 0.6 is 11.3 Å². The van der Waals surface area contributed by atoms with Crippen LogP contribution in [-0.2, 0) is 11.2 Å². The van der Waals surface area contributed by atoms with Gasteiger partial charge in [-0.3, -0.25) is 9.59 Å². The van der Waals surface area contributed by atoms with Crippen molar-refractivity contribution in [2.24, 2.45) is 0 Å². The summed E-state index contributed by atoms with van der Waals surface area (Å²) >= 11 is 1.48. The maximum absolute atomic E-state index is 11.9. The highest BCUT2D eigenvalue weighted by molar-refractivity contribution is 7.08. The minimum Gasteiger partial charge on any atom is -0.488 e. The Bertz CT molecular complexity index is 818. The highest BCUT2D eigenvalue weighted by atomic mass is 32.1. The predicted molar refractivity (Wildman–Crippen MR) is 109 cm³/mol. The van der Waals surface area contributed by atoms with E-state index in [2.05, 4.69) is 30.5 Å².